The molecule has 19 heavy (non-hydrogen) atoms. The molecule has 1 aromatic carbocycles. The Bertz CT molecular complexity index is 343. The maximum Gasteiger partial charge on any atom is 0.245 e. The fourth-order valence-electron chi connectivity index (χ4n) is 1.32. The molecule has 0 fully saturated rings. The normalized spacial score (nSPS) is 10.2. The Morgan fingerprint density at radius 1 is 1.05 bits per heavy atom. The van der Waals surface area contributed by atoms with Gasteiger partial charge in [-0.05, 0) is 12.1 Å². The molecule has 0 aliphatic carbocycles. The van der Waals surface area contributed by atoms with E-state index in [9.17, 15) is 4.79 Å². The van der Waals surface area contributed by atoms with Crippen molar-refractivity contribution in [2.24, 2.45) is 0 Å². The average Bonchev–Trinajstić information content (AvgIpc) is 2.46. The first-order chi connectivity index (χ1) is 9.33. The Morgan fingerprint density at radius 2 is 1.79 bits per heavy atom. The minimum atomic E-state index is -0.128. The van der Waals surface area contributed by atoms with Crippen LogP contribution < -0.4 is 10.1 Å². The minimum absolute atomic E-state index is 0.0803. The van der Waals surface area contributed by atoms with Gasteiger partial charge in [-0.25, -0.2) is 0 Å². The third-order valence-corrected chi connectivity index (χ3v) is 2.33. The second-order valence-electron chi connectivity index (χ2n) is 3.85. The second-order valence-corrected chi connectivity index (χ2v) is 3.85. The average molecular weight is 267 g/mol. The number of para-hydroxylation sites is 1. The molecule has 1 amide bonds. The molecule has 0 unspecified atom stereocenters. The molecule has 1 rings (SSSR count). The van der Waals surface area contributed by atoms with Gasteiger partial charge in [0.05, 0.1) is 19.8 Å². The van der Waals surface area contributed by atoms with Crippen LogP contribution in [0.3, 0.4) is 0 Å². The van der Waals surface area contributed by atoms with Gasteiger partial charge in [-0.3, -0.25) is 4.79 Å². The van der Waals surface area contributed by atoms with Crippen molar-refractivity contribution in [2.75, 3.05) is 40.1 Å². The minimum Gasteiger partial charge on any atom is -0.494 e. The molecule has 0 radical (unpaired) electrons. The summed E-state index contributed by atoms with van der Waals surface area (Å²) in [6.45, 7) is 2.24. The van der Waals surface area contributed by atoms with E-state index in [1.54, 1.807) is 7.05 Å². The van der Waals surface area contributed by atoms with Crippen molar-refractivity contribution in [3.05, 3.63) is 30.3 Å². The van der Waals surface area contributed by atoms with Crippen LogP contribution in [0.4, 0.5) is 0 Å². The molecule has 1 aromatic rings. The predicted molar refractivity (Wildman–Crippen MR) is 72.3 cm³/mol. The van der Waals surface area contributed by atoms with E-state index in [-0.39, 0.29) is 12.5 Å². The zero-order chi connectivity index (χ0) is 13.8. The molecule has 0 spiro atoms. The lowest BCUT2D eigenvalue weighted by molar-refractivity contribution is -0.125. The molecular formula is C14H21NO4. The van der Waals surface area contributed by atoms with Crippen LogP contribution in [0.25, 0.3) is 0 Å². The van der Waals surface area contributed by atoms with E-state index >= 15 is 0 Å². The lowest BCUT2D eigenvalue weighted by Crippen LogP contribution is -2.24. The number of likely N-dealkylation sites (N-methyl/N-ethyl adjacent to an activating group) is 1. The Morgan fingerprint density at radius 3 is 2.53 bits per heavy atom. The molecule has 106 valence electrons. The van der Waals surface area contributed by atoms with Crippen molar-refractivity contribution in [1.82, 2.24) is 5.32 Å². The summed E-state index contributed by atoms with van der Waals surface area (Å²) in [5, 5.41) is 2.48. The Kier molecular flexibility index (Phi) is 8.42. The molecule has 5 heteroatoms. The van der Waals surface area contributed by atoms with E-state index in [2.05, 4.69) is 5.32 Å². The van der Waals surface area contributed by atoms with Gasteiger partial charge in [0.15, 0.2) is 0 Å². The second kappa shape index (κ2) is 10.3. The first-order valence-electron chi connectivity index (χ1n) is 6.37. The molecule has 0 aliphatic rings. The standard InChI is InChI=1S/C14H21NO4/c1-15-14(16)12-18-11-10-17-8-5-9-19-13-6-3-2-4-7-13/h2-4,6-7H,5,8-12H2,1H3,(H,15,16). The maximum absolute atomic E-state index is 10.8. The summed E-state index contributed by atoms with van der Waals surface area (Å²) >= 11 is 0. The molecule has 0 aliphatic heterocycles. The molecule has 0 aromatic heterocycles. The molecule has 0 heterocycles. The van der Waals surface area contributed by atoms with Crippen LogP contribution in [0.5, 0.6) is 5.75 Å². The van der Waals surface area contributed by atoms with E-state index in [0.29, 0.717) is 26.4 Å². The number of nitrogens with one attached hydrogen (secondary N) is 1. The molecule has 1 N–H and O–H groups in total. The van der Waals surface area contributed by atoms with E-state index in [1.165, 1.54) is 0 Å². The van der Waals surface area contributed by atoms with Gasteiger partial charge in [0.25, 0.3) is 0 Å². The quantitative estimate of drug-likeness (QED) is 0.648. The predicted octanol–water partition coefficient (Wildman–Crippen LogP) is 1.23. The summed E-state index contributed by atoms with van der Waals surface area (Å²) in [7, 11) is 1.58. The molecule has 0 atom stereocenters. The smallest absolute Gasteiger partial charge is 0.245 e. The number of ether oxygens (including phenoxy) is 3. The zero-order valence-corrected chi connectivity index (χ0v) is 11.3. The first-order valence-corrected chi connectivity index (χ1v) is 6.37. The van der Waals surface area contributed by atoms with Crippen molar-refractivity contribution in [1.29, 1.82) is 0 Å². The van der Waals surface area contributed by atoms with Gasteiger partial charge in [0.2, 0.25) is 5.91 Å². The number of hydrogen-bond donors (Lipinski definition) is 1. The van der Waals surface area contributed by atoms with Crippen molar-refractivity contribution in [3.63, 3.8) is 0 Å². The molecule has 5 nitrogen and oxygen atoms in total. The summed E-state index contributed by atoms with van der Waals surface area (Å²) in [4.78, 5) is 10.8. The third-order valence-electron chi connectivity index (χ3n) is 2.33. The largest absolute Gasteiger partial charge is 0.494 e. The fraction of sp³-hybridized carbons (Fsp3) is 0.500. The van der Waals surface area contributed by atoms with Crippen LogP contribution in [0.2, 0.25) is 0 Å². The number of benzene rings is 1. The van der Waals surface area contributed by atoms with Gasteiger partial charge in [0.1, 0.15) is 12.4 Å². The van der Waals surface area contributed by atoms with Crippen LogP contribution in [-0.4, -0.2) is 46.0 Å². The van der Waals surface area contributed by atoms with Gasteiger partial charge >= 0.3 is 0 Å². The van der Waals surface area contributed by atoms with Gasteiger partial charge < -0.3 is 19.5 Å². The number of carbonyl (C=O) groups excluding carboxylic acids is 1. The lowest BCUT2D eigenvalue weighted by Gasteiger charge is -2.07. The van der Waals surface area contributed by atoms with E-state index in [4.69, 9.17) is 14.2 Å². The Hall–Kier alpha value is -1.59. The summed E-state index contributed by atoms with van der Waals surface area (Å²) < 4.78 is 16.0. The number of hydrogen-bond acceptors (Lipinski definition) is 4. The van der Waals surface area contributed by atoms with E-state index in [1.807, 2.05) is 30.3 Å². The van der Waals surface area contributed by atoms with Crippen molar-refractivity contribution in [3.8, 4) is 5.75 Å². The van der Waals surface area contributed by atoms with Crippen LogP contribution in [-0.2, 0) is 14.3 Å². The fourth-order valence-corrected chi connectivity index (χ4v) is 1.32. The SMILES string of the molecule is CNC(=O)COCCOCCCOc1ccccc1. The Labute approximate surface area is 113 Å². The highest BCUT2D eigenvalue weighted by Gasteiger charge is 1.97. The van der Waals surface area contributed by atoms with E-state index in [0.717, 1.165) is 12.2 Å². The number of carbonyl (C=O) groups is 1. The highest BCUT2D eigenvalue weighted by molar-refractivity contribution is 5.76. The van der Waals surface area contributed by atoms with Gasteiger partial charge in [0, 0.05) is 20.1 Å². The van der Waals surface area contributed by atoms with Crippen LogP contribution in [0.1, 0.15) is 6.42 Å². The van der Waals surface area contributed by atoms with Crippen molar-refractivity contribution >= 4 is 5.91 Å². The molecule has 0 saturated heterocycles. The van der Waals surface area contributed by atoms with Gasteiger partial charge in [-0.1, -0.05) is 18.2 Å². The summed E-state index contributed by atoms with van der Waals surface area (Å²) in [6, 6.07) is 9.68. The van der Waals surface area contributed by atoms with Crippen LogP contribution in [0, 0.1) is 0 Å². The molecule has 0 bridgehead atoms. The topological polar surface area (TPSA) is 56.8 Å². The Balaban J connectivity index is 1.85. The summed E-state index contributed by atoms with van der Waals surface area (Å²) in [6.07, 6.45) is 0.824. The van der Waals surface area contributed by atoms with Crippen LogP contribution in [0.15, 0.2) is 30.3 Å². The third kappa shape index (κ3) is 8.18. The first kappa shape index (κ1) is 15.5. The highest BCUT2D eigenvalue weighted by atomic mass is 16.5. The van der Waals surface area contributed by atoms with Gasteiger partial charge in [-0.15, -0.1) is 0 Å². The molecular weight excluding hydrogens is 246 g/mol. The van der Waals surface area contributed by atoms with Crippen molar-refractivity contribution < 1.29 is 19.0 Å². The monoisotopic (exact) mass is 267 g/mol. The number of amides is 1. The summed E-state index contributed by atoms with van der Waals surface area (Å²) in [5.41, 5.74) is 0. The zero-order valence-electron chi connectivity index (χ0n) is 11.3. The lowest BCUT2D eigenvalue weighted by atomic mass is 10.3. The van der Waals surface area contributed by atoms with E-state index < -0.39 is 0 Å². The molecule has 0 saturated carbocycles. The van der Waals surface area contributed by atoms with Crippen LogP contribution >= 0.6 is 0 Å². The summed E-state index contributed by atoms with van der Waals surface area (Å²) in [5.74, 6) is 0.743. The van der Waals surface area contributed by atoms with Gasteiger partial charge in [-0.2, -0.15) is 0 Å². The highest BCUT2D eigenvalue weighted by Crippen LogP contribution is 2.08. The number of rotatable bonds is 10. The van der Waals surface area contributed by atoms with Crippen molar-refractivity contribution in [2.45, 2.75) is 6.42 Å². The maximum atomic E-state index is 10.8.